The first-order chi connectivity index (χ1) is 11.1. The smallest absolute Gasteiger partial charge is 0.317 e. The van der Waals surface area contributed by atoms with Gasteiger partial charge in [0.25, 0.3) is 0 Å². The molecule has 1 aromatic carbocycles. The SMILES string of the molecule is COc1cc(OC)c(CNC(=O)N2CCCC[C@H]2C)c(OC)c1. The zero-order valence-corrected chi connectivity index (χ0v) is 14.3. The second-order valence-electron chi connectivity index (χ2n) is 5.71. The Balaban J connectivity index is 2.11. The van der Waals surface area contributed by atoms with Crippen molar-refractivity contribution in [3.8, 4) is 17.2 Å². The van der Waals surface area contributed by atoms with Crippen molar-refractivity contribution >= 4 is 6.03 Å². The first-order valence-electron chi connectivity index (χ1n) is 7.94. The highest BCUT2D eigenvalue weighted by Gasteiger charge is 2.23. The van der Waals surface area contributed by atoms with Crippen LogP contribution in [0.5, 0.6) is 17.2 Å². The number of methoxy groups -OCH3 is 3. The largest absolute Gasteiger partial charge is 0.496 e. The van der Waals surface area contributed by atoms with Gasteiger partial charge in [0.05, 0.1) is 33.4 Å². The van der Waals surface area contributed by atoms with E-state index in [1.807, 2.05) is 4.90 Å². The molecule has 0 spiro atoms. The van der Waals surface area contributed by atoms with Gasteiger partial charge in [-0.3, -0.25) is 0 Å². The molecule has 1 aliphatic rings. The molecular weight excluding hydrogens is 296 g/mol. The van der Waals surface area contributed by atoms with E-state index in [1.54, 1.807) is 33.5 Å². The van der Waals surface area contributed by atoms with E-state index in [1.165, 1.54) is 6.42 Å². The molecule has 128 valence electrons. The van der Waals surface area contributed by atoms with Crippen molar-refractivity contribution in [3.05, 3.63) is 17.7 Å². The molecule has 1 atom stereocenters. The lowest BCUT2D eigenvalue weighted by atomic mass is 10.0. The van der Waals surface area contributed by atoms with E-state index in [9.17, 15) is 4.79 Å². The van der Waals surface area contributed by atoms with Crippen LogP contribution < -0.4 is 19.5 Å². The predicted molar refractivity (Wildman–Crippen MR) is 88.4 cm³/mol. The zero-order chi connectivity index (χ0) is 16.8. The number of carbonyl (C=O) groups excluding carboxylic acids is 1. The number of carbonyl (C=O) groups is 1. The maximum atomic E-state index is 12.4. The quantitative estimate of drug-likeness (QED) is 0.905. The molecule has 6 heteroatoms. The van der Waals surface area contributed by atoms with Crippen LogP contribution in [0, 0.1) is 0 Å². The molecule has 1 fully saturated rings. The fourth-order valence-corrected chi connectivity index (χ4v) is 2.92. The number of amides is 2. The van der Waals surface area contributed by atoms with Crippen molar-refractivity contribution in [1.82, 2.24) is 10.2 Å². The molecule has 0 bridgehead atoms. The van der Waals surface area contributed by atoms with Crippen LogP contribution in [-0.4, -0.2) is 44.8 Å². The van der Waals surface area contributed by atoms with Crippen molar-refractivity contribution in [1.29, 1.82) is 0 Å². The van der Waals surface area contributed by atoms with E-state index in [-0.39, 0.29) is 12.1 Å². The van der Waals surface area contributed by atoms with Crippen LogP contribution >= 0.6 is 0 Å². The lowest BCUT2D eigenvalue weighted by molar-refractivity contribution is 0.157. The van der Waals surface area contributed by atoms with Crippen molar-refractivity contribution in [2.75, 3.05) is 27.9 Å². The Morgan fingerprint density at radius 3 is 2.35 bits per heavy atom. The fraction of sp³-hybridized carbons (Fsp3) is 0.588. The summed E-state index contributed by atoms with van der Waals surface area (Å²) in [6, 6.07) is 3.81. The van der Waals surface area contributed by atoms with Crippen molar-refractivity contribution < 1.29 is 19.0 Å². The minimum absolute atomic E-state index is 0.0443. The summed E-state index contributed by atoms with van der Waals surface area (Å²) in [6.45, 7) is 3.25. The van der Waals surface area contributed by atoms with E-state index >= 15 is 0 Å². The summed E-state index contributed by atoms with van der Waals surface area (Å²) < 4.78 is 16.0. The average Bonchev–Trinajstić information content (AvgIpc) is 2.59. The number of nitrogens with zero attached hydrogens (tertiary/aromatic N) is 1. The average molecular weight is 322 g/mol. The molecular formula is C17H26N2O4. The zero-order valence-electron chi connectivity index (χ0n) is 14.3. The predicted octanol–water partition coefficient (Wildman–Crippen LogP) is 2.80. The highest BCUT2D eigenvalue weighted by Crippen LogP contribution is 2.34. The van der Waals surface area contributed by atoms with Gasteiger partial charge >= 0.3 is 6.03 Å². The summed E-state index contributed by atoms with van der Waals surface area (Å²) >= 11 is 0. The minimum Gasteiger partial charge on any atom is -0.496 e. The van der Waals surface area contributed by atoms with Crippen molar-refractivity contribution in [2.24, 2.45) is 0 Å². The third-order valence-corrected chi connectivity index (χ3v) is 4.30. The van der Waals surface area contributed by atoms with Crippen molar-refractivity contribution in [3.63, 3.8) is 0 Å². The summed E-state index contributed by atoms with van der Waals surface area (Å²) in [7, 11) is 4.77. The number of rotatable bonds is 5. The van der Waals surface area contributed by atoms with Crippen molar-refractivity contribution in [2.45, 2.75) is 38.8 Å². The number of urea groups is 1. The molecule has 23 heavy (non-hydrogen) atoms. The molecule has 0 unspecified atom stereocenters. The normalized spacial score (nSPS) is 17.6. The van der Waals surface area contributed by atoms with Crippen LogP contribution in [0.2, 0.25) is 0 Å². The Morgan fingerprint density at radius 1 is 1.17 bits per heavy atom. The highest BCUT2D eigenvalue weighted by molar-refractivity contribution is 5.75. The van der Waals surface area contributed by atoms with Crippen LogP contribution in [-0.2, 0) is 6.54 Å². The number of ether oxygens (including phenoxy) is 3. The van der Waals surface area contributed by atoms with E-state index < -0.39 is 0 Å². The lowest BCUT2D eigenvalue weighted by Gasteiger charge is -2.33. The Bertz CT molecular complexity index is 522. The van der Waals surface area contributed by atoms with Gasteiger partial charge in [0.1, 0.15) is 17.2 Å². The Kier molecular flexibility index (Phi) is 5.96. The Morgan fingerprint density at radius 2 is 1.83 bits per heavy atom. The molecule has 0 saturated carbocycles. The van der Waals surface area contributed by atoms with Crippen LogP contribution in [0.15, 0.2) is 12.1 Å². The Hall–Kier alpha value is -2.11. The third kappa shape index (κ3) is 4.00. The van der Waals surface area contributed by atoms with Crippen LogP contribution in [0.1, 0.15) is 31.7 Å². The van der Waals surface area contributed by atoms with Gasteiger partial charge in [0.15, 0.2) is 0 Å². The molecule has 0 aliphatic carbocycles. The number of hydrogen-bond donors (Lipinski definition) is 1. The molecule has 1 heterocycles. The van der Waals surface area contributed by atoms with E-state index in [0.29, 0.717) is 23.8 Å². The maximum Gasteiger partial charge on any atom is 0.317 e. The van der Waals surface area contributed by atoms with Crippen LogP contribution in [0.4, 0.5) is 4.79 Å². The van der Waals surface area contributed by atoms with Gasteiger partial charge in [-0.05, 0) is 26.2 Å². The van der Waals surface area contributed by atoms with Crippen LogP contribution in [0.25, 0.3) is 0 Å². The molecule has 1 aliphatic heterocycles. The van der Waals surface area contributed by atoms with Crippen LogP contribution in [0.3, 0.4) is 0 Å². The lowest BCUT2D eigenvalue weighted by Crippen LogP contribution is -2.47. The number of piperidine rings is 1. The molecule has 0 aromatic heterocycles. The summed E-state index contributed by atoms with van der Waals surface area (Å²) in [4.78, 5) is 14.3. The first-order valence-corrected chi connectivity index (χ1v) is 7.94. The van der Waals surface area contributed by atoms with Gasteiger partial charge in [-0.2, -0.15) is 0 Å². The van der Waals surface area contributed by atoms with Gasteiger partial charge in [-0.15, -0.1) is 0 Å². The standard InChI is InChI=1S/C17H26N2O4/c1-12-7-5-6-8-19(12)17(20)18-11-14-15(22-3)9-13(21-2)10-16(14)23-4/h9-10,12H,5-8,11H2,1-4H3,(H,18,20)/t12-/m1/s1. The minimum atomic E-state index is -0.0443. The molecule has 6 nitrogen and oxygen atoms in total. The number of nitrogens with one attached hydrogen (secondary N) is 1. The molecule has 2 rings (SSSR count). The third-order valence-electron chi connectivity index (χ3n) is 4.30. The second-order valence-corrected chi connectivity index (χ2v) is 5.71. The van der Waals surface area contributed by atoms with Gasteiger partial charge < -0.3 is 24.4 Å². The fourth-order valence-electron chi connectivity index (χ4n) is 2.92. The summed E-state index contributed by atoms with van der Waals surface area (Å²) in [6.07, 6.45) is 3.31. The molecule has 1 saturated heterocycles. The Labute approximate surface area is 137 Å². The number of likely N-dealkylation sites (tertiary alicyclic amines) is 1. The summed E-state index contributed by atoms with van der Waals surface area (Å²) in [5, 5.41) is 2.97. The molecule has 2 amide bonds. The van der Waals surface area contributed by atoms with E-state index in [0.717, 1.165) is 24.9 Å². The number of hydrogen-bond acceptors (Lipinski definition) is 4. The van der Waals surface area contributed by atoms with E-state index in [4.69, 9.17) is 14.2 Å². The first kappa shape index (κ1) is 17.2. The van der Waals surface area contributed by atoms with E-state index in [2.05, 4.69) is 12.2 Å². The molecule has 0 radical (unpaired) electrons. The molecule has 1 N–H and O–H groups in total. The summed E-state index contributed by atoms with van der Waals surface area (Å²) in [5.41, 5.74) is 0.800. The van der Waals surface area contributed by atoms with Gasteiger partial charge in [0, 0.05) is 24.7 Å². The number of benzene rings is 1. The maximum absolute atomic E-state index is 12.4. The molecule has 1 aromatic rings. The van der Waals surface area contributed by atoms with Gasteiger partial charge in [0.2, 0.25) is 0 Å². The topological polar surface area (TPSA) is 60.0 Å². The van der Waals surface area contributed by atoms with Gasteiger partial charge in [-0.25, -0.2) is 4.79 Å². The monoisotopic (exact) mass is 322 g/mol. The van der Waals surface area contributed by atoms with Gasteiger partial charge in [-0.1, -0.05) is 0 Å². The second kappa shape index (κ2) is 7.94. The highest BCUT2D eigenvalue weighted by atomic mass is 16.5. The summed E-state index contributed by atoms with van der Waals surface area (Å²) in [5.74, 6) is 1.92.